The normalized spacial score (nSPS) is 12.6. The molecule has 0 saturated heterocycles. The molecule has 0 spiro atoms. The number of allylic oxidation sites excluding steroid dienone is 14. The SMILES string of the molecule is CC/C=C\C/C=C\C/C=C\CCCCCCCCCCCC(=O)OCC(COC(=O)CCC/C=C\C/C=C\C/C=C\CCCCCCCC)OC(=O)CCCCCCCCC/C=C\CCCCCCCCCC. The maximum absolute atomic E-state index is 12.9. The second-order valence-electron chi connectivity index (χ2n) is 20.6. The first-order chi connectivity index (χ1) is 36.0. The number of hydrogen-bond donors (Lipinski definition) is 0. The van der Waals surface area contributed by atoms with Gasteiger partial charge in [-0.15, -0.1) is 0 Å². The number of hydrogen-bond acceptors (Lipinski definition) is 6. The van der Waals surface area contributed by atoms with Crippen molar-refractivity contribution < 1.29 is 28.6 Å². The Morgan fingerprint density at radius 3 is 0.904 bits per heavy atom. The molecule has 0 radical (unpaired) electrons. The summed E-state index contributed by atoms with van der Waals surface area (Å²) < 4.78 is 16.9. The molecule has 0 fully saturated rings. The highest BCUT2D eigenvalue weighted by Gasteiger charge is 2.19. The highest BCUT2D eigenvalue weighted by molar-refractivity contribution is 5.71. The van der Waals surface area contributed by atoms with Crippen LogP contribution < -0.4 is 0 Å². The molecule has 0 amide bonds. The first-order valence-corrected chi connectivity index (χ1v) is 31.1. The lowest BCUT2D eigenvalue weighted by molar-refractivity contribution is -0.167. The van der Waals surface area contributed by atoms with E-state index >= 15 is 0 Å². The Labute approximate surface area is 452 Å². The van der Waals surface area contributed by atoms with E-state index in [0.717, 1.165) is 77.0 Å². The van der Waals surface area contributed by atoms with Crippen molar-refractivity contribution in [2.24, 2.45) is 0 Å². The lowest BCUT2D eigenvalue weighted by Gasteiger charge is -2.18. The monoisotopic (exact) mass is 1020 g/mol. The van der Waals surface area contributed by atoms with E-state index in [2.05, 4.69) is 106 Å². The van der Waals surface area contributed by atoms with Crippen molar-refractivity contribution >= 4 is 17.9 Å². The van der Waals surface area contributed by atoms with Crippen molar-refractivity contribution in [1.29, 1.82) is 0 Å². The van der Waals surface area contributed by atoms with Crippen LogP contribution in [0.2, 0.25) is 0 Å². The third-order valence-corrected chi connectivity index (χ3v) is 13.4. The van der Waals surface area contributed by atoms with Crippen LogP contribution in [0.1, 0.15) is 303 Å². The van der Waals surface area contributed by atoms with E-state index in [1.165, 1.54) is 180 Å². The van der Waals surface area contributed by atoms with Gasteiger partial charge in [0.05, 0.1) is 0 Å². The smallest absolute Gasteiger partial charge is 0.306 e. The van der Waals surface area contributed by atoms with Crippen LogP contribution in [0.5, 0.6) is 0 Å². The Morgan fingerprint density at radius 2 is 0.548 bits per heavy atom. The van der Waals surface area contributed by atoms with Gasteiger partial charge in [0.1, 0.15) is 13.2 Å². The molecule has 6 heteroatoms. The summed E-state index contributed by atoms with van der Waals surface area (Å²) in [7, 11) is 0. The Morgan fingerprint density at radius 1 is 0.288 bits per heavy atom. The average Bonchev–Trinajstić information content (AvgIpc) is 3.39. The molecule has 0 saturated carbocycles. The van der Waals surface area contributed by atoms with E-state index in [1.807, 2.05) is 0 Å². The van der Waals surface area contributed by atoms with Crippen LogP contribution in [0.4, 0.5) is 0 Å². The zero-order chi connectivity index (χ0) is 52.9. The molecule has 1 unspecified atom stereocenters. The molecule has 73 heavy (non-hydrogen) atoms. The van der Waals surface area contributed by atoms with E-state index < -0.39 is 6.10 Å². The maximum atomic E-state index is 12.9. The van der Waals surface area contributed by atoms with Gasteiger partial charge in [-0.1, -0.05) is 260 Å². The maximum Gasteiger partial charge on any atom is 0.306 e. The van der Waals surface area contributed by atoms with E-state index in [4.69, 9.17) is 14.2 Å². The minimum Gasteiger partial charge on any atom is -0.462 e. The second-order valence-corrected chi connectivity index (χ2v) is 20.6. The van der Waals surface area contributed by atoms with Crippen molar-refractivity contribution in [3.05, 3.63) is 85.1 Å². The summed E-state index contributed by atoms with van der Waals surface area (Å²) in [5.41, 5.74) is 0. The molecule has 6 nitrogen and oxygen atoms in total. The molecule has 0 aromatic carbocycles. The zero-order valence-corrected chi connectivity index (χ0v) is 48.1. The Kier molecular flexibility index (Phi) is 58.3. The lowest BCUT2D eigenvalue weighted by atomic mass is 10.1. The fourth-order valence-electron chi connectivity index (χ4n) is 8.70. The summed E-state index contributed by atoms with van der Waals surface area (Å²) in [6.07, 6.45) is 80.1. The summed E-state index contributed by atoms with van der Waals surface area (Å²) in [4.78, 5) is 38.3. The Hall–Kier alpha value is -3.41. The van der Waals surface area contributed by atoms with Crippen LogP contribution in [0, 0.1) is 0 Å². The summed E-state index contributed by atoms with van der Waals surface area (Å²) >= 11 is 0. The second kappa shape index (κ2) is 61.1. The highest BCUT2D eigenvalue weighted by atomic mass is 16.6. The molecule has 0 aromatic rings. The van der Waals surface area contributed by atoms with Crippen LogP contribution in [0.15, 0.2) is 85.1 Å². The van der Waals surface area contributed by atoms with Gasteiger partial charge < -0.3 is 14.2 Å². The molecule has 420 valence electrons. The zero-order valence-electron chi connectivity index (χ0n) is 48.1. The topological polar surface area (TPSA) is 78.9 Å². The van der Waals surface area contributed by atoms with E-state index in [-0.39, 0.29) is 37.5 Å². The highest BCUT2D eigenvalue weighted by Crippen LogP contribution is 2.15. The lowest BCUT2D eigenvalue weighted by Crippen LogP contribution is -2.30. The summed E-state index contributed by atoms with van der Waals surface area (Å²) in [6, 6.07) is 0. The van der Waals surface area contributed by atoms with Gasteiger partial charge in [-0.3, -0.25) is 14.4 Å². The van der Waals surface area contributed by atoms with Crippen LogP contribution >= 0.6 is 0 Å². The quantitative estimate of drug-likeness (QED) is 0.0261. The standard InChI is InChI=1S/C67H116O6/c1-4-7-10-13-16-19-22-25-28-31-33-36-39-42-45-48-51-54-57-60-66(69)72-63-64(62-71-65(68)59-56-53-50-47-44-41-38-35-30-27-24-21-18-15-12-9-6-3)73-67(70)61-58-55-52-49-46-43-40-37-34-32-29-26-23-20-17-14-11-8-5-2/h7,10,16,19,25,27-28,30,32,34,38,41,47,50,64H,4-6,8-9,11-15,17-18,20-24,26,29,31,33,35-37,39-40,42-46,48-49,51-63H2,1-3H3/b10-7-,19-16-,28-25-,30-27-,34-32-,41-38-,50-47-. The van der Waals surface area contributed by atoms with Crippen LogP contribution in [0.25, 0.3) is 0 Å². The molecule has 0 aliphatic heterocycles. The molecule has 0 aliphatic rings. The molecule has 1 atom stereocenters. The predicted molar refractivity (Wildman–Crippen MR) is 316 cm³/mol. The van der Waals surface area contributed by atoms with Crippen molar-refractivity contribution in [2.75, 3.05) is 13.2 Å². The summed E-state index contributed by atoms with van der Waals surface area (Å²) in [5, 5.41) is 0. The molecular formula is C67H116O6. The van der Waals surface area contributed by atoms with Gasteiger partial charge in [0.15, 0.2) is 6.10 Å². The van der Waals surface area contributed by atoms with Crippen LogP contribution in [-0.4, -0.2) is 37.2 Å². The molecular weight excluding hydrogens is 901 g/mol. The molecule has 0 N–H and O–H groups in total. The van der Waals surface area contributed by atoms with Gasteiger partial charge in [0, 0.05) is 19.3 Å². The van der Waals surface area contributed by atoms with E-state index in [1.54, 1.807) is 0 Å². The fourth-order valence-corrected chi connectivity index (χ4v) is 8.70. The third kappa shape index (κ3) is 59.3. The van der Waals surface area contributed by atoms with Gasteiger partial charge in [-0.25, -0.2) is 0 Å². The van der Waals surface area contributed by atoms with Gasteiger partial charge in [0.2, 0.25) is 0 Å². The number of rotatable bonds is 56. The third-order valence-electron chi connectivity index (χ3n) is 13.4. The summed E-state index contributed by atoms with van der Waals surface area (Å²) in [6.45, 7) is 6.50. The number of carbonyl (C=O) groups is 3. The molecule has 0 aliphatic carbocycles. The van der Waals surface area contributed by atoms with E-state index in [9.17, 15) is 14.4 Å². The van der Waals surface area contributed by atoms with Crippen LogP contribution in [-0.2, 0) is 28.6 Å². The predicted octanol–water partition coefficient (Wildman–Crippen LogP) is 21.1. The Bertz CT molecular complexity index is 1400. The number of esters is 3. The van der Waals surface area contributed by atoms with Crippen molar-refractivity contribution in [3.63, 3.8) is 0 Å². The summed E-state index contributed by atoms with van der Waals surface area (Å²) in [5.74, 6) is -0.950. The first kappa shape index (κ1) is 69.6. The van der Waals surface area contributed by atoms with Crippen molar-refractivity contribution in [2.45, 2.75) is 309 Å². The van der Waals surface area contributed by atoms with Crippen LogP contribution in [0.3, 0.4) is 0 Å². The number of unbranched alkanes of at least 4 members (excludes halogenated alkanes) is 31. The minimum absolute atomic E-state index is 0.0960. The van der Waals surface area contributed by atoms with Crippen molar-refractivity contribution in [3.8, 4) is 0 Å². The molecule has 0 bridgehead atoms. The van der Waals surface area contributed by atoms with Gasteiger partial charge in [-0.2, -0.15) is 0 Å². The van der Waals surface area contributed by atoms with Gasteiger partial charge in [0.25, 0.3) is 0 Å². The van der Waals surface area contributed by atoms with Crippen molar-refractivity contribution in [1.82, 2.24) is 0 Å². The minimum atomic E-state index is -0.803. The molecule has 0 rings (SSSR count). The van der Waals surface area contributed by atoms with E-state index in [0.29, 0.717) is 19.3 Å². The largest absolute Gasteiger partial charge is 0.462 e. The van der Waals surface area contributed by atoms with Gasteiger partial charge in [-0.05, 0) is 109 Å². The Balaban J connectivity index is 4.45. The van der Waals surface area contributed by atoms with Gasteiger partial charge >= 0.3 is 17.9 Å². The first-order valence-electron chi connectivity index (χ1n) is 31.1. The number of carbonyl (C=O) groups excluding carboxylic acids is 3. The average molecular weight is 1020 g/mol. The number of ether oxygens (including phenoxy) is 3. The molecule has 0 aromatic heterocycles. The molecule has 0 heterocycles. The fraction of sp³-hybridized carbons (Fsp3) is 0.746.